The number of nitrogens with two attached hydrogens (primary N) is 1. The summed E-state index contributed by atoms with van der Waals surface area (Å²) in [6.07, 6.45) is 2.74. The molecule has 0 aromatic carbocycles. The van der Waals surface area contributed by atoms with Crippen molar-refractivity contribution in [2.45, 2.75) is 32.9 Å². The Morgan fingerprint density at radius 2 is 2.28 bits per heavy atom. The largest absolute Gasteiger partial charge is 0.336 e. The highest BCUT2D eigenvalue weighted by Crippen LogP contribution is 2.24. The van der Waals surface area contributed by atoms with Crippen molar-refractivity contribution in [2.24, 2.45) is 11.7 Å². The van der Waals surface area contributed by atoms with Crippen LogP contribution >= 0.6 is 12.4 Å². The number of nitrogens with zero attached hydrogens (tertiary/aromatic N) is 2. The van der Waals surface area contributed by atoms with Crippen LogP contribution in [0.25, 0.3) is 0 Å². The zero-order valence-electron chi connectivity index (χ0n) is 10.8. The molecule has 1 aromatic heterocycles. The van der Waals surface area contributed by atoms with Crippen molar-refractivity contribution < 1.29 is 4.79 Å². The molecule has 2 unspecified atom stereocenters. The number of pyridine rings is 1. The van der Waals surface area contributed by atoms with E-state index in [1.54, 1.807) is 18.3 Å². The van der Waals surface area contributed by atoms with Gasteiger partial charge >= 0.3 is 0 Å². The molecule has 100 valence electrons. The Labute approximate surface area is 114 Å². The molecule has 2 heterocycles. The summed E-state index contributed by atoms with van der Waals surface area (Å²) in [6, 6.07) is 3.88. The predicted octanol–water partition coefficient (Wildman–Crippen LogP) is 1.83. The van der Waals surface area contributed by atoms with Gasteiger partial charge in [0.1, 0.15) is 0 Å². The smallest absolute Gasteiger partial charge is 0.254 e. The van der Waals surface area contributed by atoms with Gasteiger partial charge in [0.05, 0.1) is 5.69 Å². The monoisotopic (exact) mass is 269 g/mol. The highest BCUT2D eigenvalue weighted by molar-refractivity contribution is 5.94. The second-order valence-electron chi connectivity index (χ2n) is 4.89. The van der Waals surface area contributed by atoms with Gasteiger partial charge in [-0.3, -0.25) is 9.78 Å². The molecule has 0 spiro atoms. The van der Waals surface area contributed by atoms with Gasteiger partial charge in [0.2, 0.25) is 0 Å². The molecule has 2 atom stereocenters. The summed E-state index contributed by atoms with van der Waals surface area (Å²) in [5.41, 5.74) is 6.99. The summed E-state index contributed by atoms with van der Waals surface area (Å²) in [5.74, 6) is 0.684. The standard InChI is InChI=1S/C13H19N3O.ClH/c1-9-5-10(2)16(8-9)13(17)11-3-4-15-12(6-11)7-14;/h3-4,6,9-10H,5,7-8,14H2,1-2H3;1H. The first-order valence-electron chi connectivity index (χ1n) is 6.07. The van der Waals surface area contributed by atoms with Crippen LogP contribution in [0.4, 0.5) is 0 Å². The van der Waals surface area contributed by atoms with E-state index in [4.69, 9.17) is 5.73 Å². The maximum absolute atomic E-state index is 12.3. The Kier molecular flexibility index (Phi) is 5.11. The lowest BCUT2D eigenvalue weighted by molar-refractivity contribution is 0.0743. The van der Waals surface area contributed by atoms with Crippen LogP contribution in [-0.4, -0.2) is 28.4 Å². The predicted molar refractivity (Wildman–Crippen MR) is 73.7 cm³/mol. The lowest BCUT2D eigenvalue weighted by Crippen LogP contribution is -2.34. The van der Waals surface area contributed by atoms with E-state index in [9.17, 15) is 4.79 Å². The van der Waals surface area contributed by atoms with Crippen LogP contribution in [0.2, 0.25) is 0 Å². The maximum Gasteiger partial charge on any atom is 0.254 e. The summed E-state index contributed by atoms with van der Waals surface area (Å²) in [7, 11) is 0. The minimum atomic E-state index is 0. The summed E-state index contributed by atoms with van der Waals surface area (Å²) in [6.45, 7) is 5.50. The van der Waals surface area contributed by atoms with E-state index in [2.05, 4.69) is 18.8 Å². The molecule has 1 aromatic rings. The van der Waals surface area contributed by atoms with Gasteiger partial charge in [0.25, 0.3) is 5.91 Å². The number of halogens is 1. The number of amides is 1. The van der Waals surface area contributed by atoms with Crippen LogP contribution in [0, 0.1) is 5.92 Å². The van der Waals surface area contributed by atoms with Crippen molar-refractivity contribution in [1.29, 1.82) is 0 Å². The molecule has 1 aliphatic heterocycles. The first kappa shape index (κ1) is 14.9. The van der Waals surface area contributed by atoms with Gasteiger partial charge in [0.15, 0.2) is 0 Å². The molecule has 1 fully saturated rings. The Hall–Kier alpha value is -1.13. The van der Waals surface area contributed by atoms with Crippen LogP contribution in [0.3, 0.4) is 0 Å². The minimum Gasteiger partial charge on any atom is -0.336 e. The summed E-state index contributed by atoms with van der Waals surface area (Å²) in [4.78, 5) is 18.4. The molecular weight excluding hydrogens is 250 g/mol. The van der Waals surface area contributed by atoms with Gasteiger partial charge in [-0.15, -0.1) is 12.4 Å². The van der Waals surface area contributed by atoms with Crippen molar-refractivity contribution in [2.75, 3.05) is 6.54 Å². The molecular formula is C13H20ClN3O. The Morgan fingerprint density at radius 1 is 1.56 bits per heavy atom. The molecule has 0 radical (unpaired) electrons. The van der Waals surface area contributed by atoms with Gasteiger partial charge < -0.3 is 10.6 Å². The number of carbonyl (C=O) groups is 1. The fraction of sp³-hybridized carbons (Fsp3) is 0.538. The fourth-order valence-corrected chi connectivity index (χ4v) is 2.47. The molecule has 2 N–H and O–H groups in total. The zero-order chi connectivity index (χ0) is 12.4. The Morgan fingerprint density at radius 3 is 2.83 bits per heavy atom. The van der Waals surface area contributed by atoms with Gasteiger partial charge in [-0.1, -0.05) is 6.92 Å². The number of likely N-dealkylation sites (tertiary alicyclic amines) is 1. The van der Waals surface area contributed by atoms with Gasteiger partial charge in [0, 0.05) is 30.9 Å². The molecule has 18 heavy (non-hydrogen) atoms. The zero-order valence-corrected chi connectivity index (χ0v) is 11.6. The van der Waals surface area contributed by atoms with E-state index in [-0.39, 0.29) is 18.3 Å². The second kappa shape index (κ2) is 6.16. The first-order chi connectivity index (χ1) is 8.11. The molecule has 0 aliphatic carbocycles. The van der Waals surface area contributed by atoms with E-state index in [1.807, 2.05) is 4.90 Å². The topological polar surface area (TPSA) is 59.2 Å². The normalized spacial score (nSPS) is 22.7. The van der Waals surface area contributed by atoms with Crippen molar-refractivity contribution in [3.05, 3.63) is 29.6 Å². The average molecular weight is 270 g/mol. The third kappa shape index (κ3) is 3.00. The van der Waals surface area contributed by atoms with Gasteiger partial charge in [-0.05, 0) is 31.4 Å². The van der Waals surface area contributed by atoms with Gasteiger partial charge in [-0.25, -0.2) is 0 Å². The quantitative estimate of drug-likeness (QED) is 0.891. The third-order valence-electron chi connectivity index (χ3n) is 3.32. The first-order valence-corrected chi connectivity index (χ1v) is 6.07. The average Bonchev–Trinajstić information content (AvgIpc) is 2.67. The van der Waals surface area contributed by atoms with Crippen LogP contribution in [0.15, 0.2) is 18.3 Å². The summed E-state index contributed by atoms with van der Waals surface area (Å²) in [5, 5.41) is 0. The molecule has 0 saturated carbocycles. The molecule has 1 saturated heterocycles. The lowest BCUT2D eigenvalue weighted by Gasteiger charge is -2.21. The molecule has 0 bridgehead atoms. The highest BCUT2D eigenvalue weighted by Gasteiger charge is 2.30. The van der Waals surface area contributed by atoms with E-state index >= 15 is 0 Å². The maximum atomic E-state index is 12.3. The highest BCUT2D eigenvalue weighted by atomic mass is 35.5. The summed E-state index contributed by atoms with van der Waals surface area (Å²) < 4.78 is 0. The van der Waals surface area contributed by atoms with Crippen molar-refractivity contribution in [3.8, 4) is 0 Å². The Bertz CT molecular complexity index is 424. The van der Waals surface area contributed by atoms with Crippen LogP contribution in [-0.2, 0) is 6.54 Å². The molecule has 2 rings (SSSR count). The second-order valence-corrected chi connectivity index (χ2v) is 4.89. The number of aromatic nitrogens is 1. The van der Waals surface area contributed by atoms with Gasteiger partial charge in [-0.2, -0.15) is 0 Å². The number of hydrogen-bond acceptors (Lipinski definition) is 3. The Balaban J connectivity index is 0.00000162. The third-order valence-corrected chi connectivity index (χ3v) is 3.32. The molecule has 1 aliphatic rings. The van der Waals surface area contributed by atoms with Crippen LogP contribution < -0.4 is 5.73 Å². The van der Waals surface area contributed by atoms with E-state index in [0.717, 1.165) is 18.7 Å². The summed E-state index contributed by atoms with van der Waals surface area (Å²) >= 11 is 0. The van der Waals surface area contributed by atoms with Crippen LogP contribution in [0.5, 0.6) is 0 Å². The van der Waals surface area contributed by atoms with E-state index < -0.39 is 0 Å². The number of rotatable bonds is 2. The van der Waals surface area contributed by atoms with Crippen molar-refractivity contribution in [3.63, 3.8) is 0 Å². The SMILES string of the molecule is CC1CC(C)N(C(=O)c2ccnc(CN)c2)C1.Cl. The van der Waals surface area contributed by atoms with Crippen molar-refractivity contribution in [1.82, 2.24) is 9.88 Å². The minimum absolute atomic E-state index is 0. The number of carbonyl (C=O) groups excluding carboxylic acids is 1. The molecule has 5 heteroatoms. The number of hydrogen-bond donors (Lipinski definition) is 1. The van der Waals surface area contributed by atoms with E-state index in [0.29, 0.717) is 24.1 Å². The van der Waals surface area contributed by atoms with Crippen molar-refractivity contribution >= 4 is 18.3 Å². The van der Waals surface area contributed by atoms with Crippen LogP contribution in [0.1, 0.15) is 36.3 Å². The van der Waals surface area contributed by atoms with E-state index in [1.165, 1.54) is 0 Å². The fourth-order valence-electron chi connectivity index (χ4n) is 2.47. The molecule has 4 nitrogen and oxygen atoms in total. The lowest BCUT2D eigenvalue weighted by atomic mass is 10.1. The molecule has 1 amide bonds.